The lowest BCUT2D eigenvalue weighted by Gasteiger charge is -1.97. The first kappa shape index (κ1) is 10.8. The summed E-state index contributed by atoms with van der Waals surface area (Å²) in [5.41, 5.74) is 5.72. The van der Waals surface area contributed by atoms with Crippen molar-refractivity contribution in [1.29, 1.82) is 0 Å². The first-order chi connectivity index (χ1) is 8.69. The Labute approximate surface area is 105 Å². The Morgan fingerprint density at radius 3 is 3.00 bits per heavy atom. The van der Waals surface area contributed by atoms with Gasteiger partial charge in [-0.25, -0.2) is 4.98 Å². The first-order valence-electron chi connectivity index (χ1n) is 5.06. The Bertz CT molecular complexity index is 772. The summed E-state index contributed by atoms with van der Waals surface area (Å²) in [6, 6.07) is 1.83. The Morgan fingerprint density at radius 1 is 1.39 bits per heavy atom. The normalized spacial score (nSPS) is 10.9. The quantitative estimate of drug-likeness (QED) is 0.638. The zero-order chi connectivity index (χ0) is 12.7. The van der Waals surface area contributed by atoms with Gasteiger partial charge >= 0.3 is 0 Å². The average molecular weight is 263 g/mol. The van der Waals surface area contributed by atoms with Crippen LogP contribution < -0.4 is 16.0 Å². The summed E-state index contributed by atoms with van der Waals surface area (Å²) in [6.45, 7) is 0. The van der Waals surface area contributed by atoms with Gasteiger partial charge in [0.1, 0.15) is 10.6 Å². The third-order valence-corrected chi connectivity index (χ3v) is 3.35. The van der Waals surface area contributed by atoms with Crippen LogP contribution >= 0.6 is 11.3 Å². The van der Waals surface area contributed by atoms with E-state index in [2.05, 4.69) is 19.9 Å². The molecule has 3 rings (SSSR count). The molecule has 0 aliphatic heterocycles. The molecule has 0 aromatic carbocycles. The summed E-state index contributed by atoms with van der Waals surface area (Å²) < 4.78 is 5.21. The predicted octanol–water partition coefficient (Wildman–Crippen LogP) is 0.965. The number of nitrogens with two attached hydrogens (primary N) is 1. The molecule has 0 unspecified atom stereocenters. The van der Waals surface area contributed by atoms with Crippen LogP contribution in [-0.2, 0) is 0 Å². The van der Waals surface area contributed by atoms with E-state index in [-0.39, 0.29) is 11.5 Å². The number of hydrogen-bond donors (Lipinski definition) is 3. The molecule has 0 saturated carbocycles. The molecule has 7 nitrogen and oxygen atoms in total. The van der Waals surface area contributed by atoms with Gasteiger partial charge in [-0.3, -0.25) is 9.78 Å². The highest BCUT2D eigenvalue weighted by Gasteiger charge is 2.14. The second kappa shape index (κ2) is 3.84. The van der Waals surface area contributed by atoms with Crippen molar-refractivity contribution in [2.24, 2.45) is 0 Å². The number of ether oxygens (including phenoxy) is 1. The second-order valence-electron chi connectivity index (χ2n) is 3.55. The minimum atomic E-state index is -0.341. The van der Waals surface area contributed by atoms with Gasteiger partial charge in [0, 0.05) is 0 Å². The van der Waals surface area contributed by atoms with E-state index in [1.807, 2.05) is 11.4 Å². The molecule has 18 heavy (non-hydrogen) atoms. The molecular formula is C10H9N5O2S. The topological polar surface area (TPSA) is 110 Å². The summed E-state index contributed by atoms with van der Waals surface area (Å²) in [5, 5.41) is 1.88. The molecule has 3 aromatic heterocycles. The van der Waals surface area contributed by atoms with Crippen LogP contribution in [0, 0.1) is 0 Å². The van der Waals surface area contributed by atoms with Gasteiger partial charge in [-0.2, -0.15) is 4.98 Å². The van der Waals surface area contributed by atoms with E-state index in [0.29, 0.717) is 22.7 Å². The minimum absolute atomic E-state index is 0.0451. The molecule has 0 radical (unpaired) electrons. The summed E-state index contributed by atoms with van der Waals surface area (Å²) in [6.07, 6.45) is 0. The van der Waals surface area contributed by atoms with E-state index in [1.165, 1.54) is 11.3 Å². The molecule has 0 fully saturated rings. The van der Waals surface area contributed by atoms with E-state index in [4.69, 9.17) is 10.5 Å². The number of thiophene rings is 1. The molecule has 0 bridgehead atoms. The van der Waals surface area contributed by atoms with Crippen LogP contribution in [0.2, 0.25) is 0 Å². The summed E-state index contributed by atoms with van der Waals surface area (Å²) in [4.78, 5) is 26.0. The number of anilines is 1. The fraction of sp³-hybridized carbons (Fsp3) is 0.100. The van der Waals surface area contributed by atoms with Crippen molar-refractivity contribution in [3.05, 3.63) is 21.8 Å². The maximum atomic E-state index is 11.7. The smallest absolute Gasteiger partial charge is 0.278 e. The van der Waals surface area contributed by atoms with E-state index in [0.717, 1.165) is 4.88 Å². The molecule has 92 valence electrons. The third kappa shape index (κ3) is 1.54. The number of hydrogen-bond acceptors (Lipinski definition) is 6. The first-order valence-corrected chi connectivity index (χ1v) is 5.94. The van der Waals surface area contributed by atoms with Crippen molar-refractivity contribution >= 4 is 28.4 Å². The van der Waals surface area contributed by atoms with Gasteiger partial charge in [0.05, 0.1) is 7.11 Å². The number of methoxy groups -OCH3 is 1. The number of nitrogens with one attached hydrogen (secondary N) is 2. The van der Waals surface area contributed by atoms with Crippen LogP contribution in [0.1, 0.15) is 0 Å². The molecular weight excluding hydrogens is 254 g/mol. The molecule has 0 saturated heterocycles. The number of H-pyrrole nitrogens is 2. The van der Waals surface area contributed by atoms with Crippen molar-refractivity contribution in [3.63, 3.8) is 0 Å². The van der Waals surface area contributed by atoms with Crippen LogP contribution in [0.5, 0.6) is 5.75 Å². The van der Waals surface area contributed by atoms with E-state index < -0.39 is 0 Å². The van der Waals surface area contributed by atoms with Gasteiger partial charge in [-0.1, -0.05) is 0 Å². The monoisotopic (exact) mass is 263 g/mol. The standard InChI is InChI=1S/C10H9N5O2S/c1-17-4-2-3-18-6(4)8-12-5-7(13-8)14-10(11)15-9(5)16/h2-3H,1H3,(H4,11,12,13,14,15,16). The van der Waals surface area contributed by atoms with E-state index in [9.17, 15) is 4.79 Å². The van der Waals surface area contributed by atoms with Crippen LogP contribution in [0.3, 0.4) is 0 Å². The fourth-order valence-electron chi connectivity index (χ4n) is 1.66. The van der Waals surface area contributed by atoms with Crippen LogP contribution in [-0.4, -0.2) is 27.0 Å². The lowest BCUT2D eigenvalue weighted by molar-refractivity contribution is 0.418. The maximum Gasteiger partial charge on any atom is 0.278 e. The minimum Gasteiger partial charge on any atom is -0.495 e. The maximum absolute atomic E-state index is 11.7. The fourth-order valence-corrected chi connectivity index (χ4v) is 2.47. The highest BCUT2D eigenvalue weighted by molar-refractivity contribution is 7.13. The Hall–Kier alpha value is -2.35. The van der Waals surface area contributed by atoms with Crippen LogP contribution in [0.25, 0.3) is 21.9 Å². The summed E-state index contributed by atoms with van der Waals surface area (Å²) in [5.74, 6) is 1.28. The van der Waals surface area contributed by atoms with Crippen molar-refractivity contribution in [1.82, 2.24) is 19.9 Å². The molecule has 4 N–H and O–H groups in total. The number of imidazole rings is 1. The Morgan fingerprint density at radius 2 is 2.22 bits per heavy atom. The average Bonchev–Trinajstić information content (AvgIpc) is 2.92. The van der Waals surface area contributed by atoms with Gasteiger partial charge in [0.2, 0.25) is 5.95 Å². The molecule has 0 aliphatic rings. The number of aromatic amines is 2. The van der Waals surface area contributed by atoms with Gasteiger partial charge in [0.25, 0.3) is 5.56 Å². The van der Waals surface area contributed by atoms with Crippen molar-refractivity contribution in [3.8, 4) is 16.5 Å². The largest absolute Gasteiger partial charge is 0.495 e. The molecule has 3 aromatic rings. The molecule has 0 aliphatic carbocycles. The Kier molecular flexibility index (Phi) is 2.30. The summed E-state index contributed by atoms with van der Waals surface area (Å²) >= 11 is 1.46. The van der Waals surface area contributed by atoms with Crippen LogP contribution in [0.15, 0.2) is 16.2 Å². The van der Waals surface area contributed by atoms with Crippen molar-refractivity contribution in [2.75, 3.05) is 12.8 Å². The zero-order valence-electron chi connectivity index (χ0n) is 9.35. The second-order valence-corrected chi connectivity index (χ2v) is 4.47. The van der Waals surface area contributed by atoms with Crippen LogP contribution in [0.4, 0.5) is 5.95 Å². The van der Waals surface area contributed by atoms with Gasteiger partial charge in [-0.15, -0.1) is 11.3 Å². The number of nitrogens with zero attached hydrogens (tertiary/aromatic N) is 2. The number of fused-ring (bicyclic) bond motifs is 1. The number of aromatic nitrogens is 4. The number of rotatable bonds is 2. The molecule has 3 heterocycles. The predicted molar refractivity (Wildman–Crippen MR) is 68.8 cm³/mol. The van der Waals surface area contributed by atoms with Gasteiger partial charge in [-0.05, 0) is 11.4 Å². The highest BCUT2D eigenvalue weighted by Crippen LogP contribution is 2.33. The molecule has 8 heteroatoms. The van der Waals surface area contributed by atoms with Crippen molar-refractivity contribution in [2.45, 2.75) is 0 Å². The van der Waals surface area contributed by atoms with Gasteiger partial charge in [0.15, 0.2) is 17.0 Å². The third-order valence-electron chi connectivity index (χ3n) is 2.44. The number of nitrogen functional groups attached to an aromatic ring is 1. The SMILES string of the molecule is COc1ccsc1-c1nc2nc(N)[nH]c(=O)c2[nH]1. The lowest BCUT2D eigenvalue weighted by atomic mass is 10.4. The highest BCUT2D eigenvalue weighted by atomic mass is 32.1. The molecule has 0 amide bonds. The van der Waals surface area contributed by atoms with E-state index >= 15 is 0 Å². The zero-order valence-corrected chi connectivity index (χ0v) is 10.2. The molecule has 0 atom stereocenters. The van der Waals surface area contributed by atoms with Gasteiger partial charge < -0.3 is 15.5 Å². The summed E-state index contributed by atoms with van der Waals surface area (Å²) in [7, 11) is 1.58. The molecule has 0 spiro atoms. The van der Waals surface area contributed by atoms with E-state index in [1.54, 1.807) is 7.11 Å². The lowest BCUT2D eigenvalue weighted by Crippen LogP contribution is -2.10. The Balaban J connectivity index is 2.26. The van der Waals surface area contributed by atoms with Crippen molar-refractivity contribution < 1.29 is 4.74 Å².